The summed E-state index contributed by atoms with van der Waals surface area (Å²) in [6.07, 6.45) is 4.45. The molecule has 2 atom stereocenters. The van der Waals surface area contributed by atoms with Crippen molar-refractivity contribution in [2.45, 2.75) is 51.6 Å². The van der Waals surface area contributed by atoms with Gasteiger partial charge in [0.1, 0.15) is 0 Å². The molecule has 0 radical (unpaired) electrons. The first kappa shape index (κ1) is 13.8. The molecule has 104 valence electrons. The van der Waals surface area contributed by atoms with Gasteiger partial charge in [0.05, 0.1) is 0 Å². The maximum Gasteiger partial charge on any atom is 0.217 e. The number of hydrogen-bond donors (Lipinski definition) is 2. The van der Waals surface area contributed by atoms with Gasteiger partial charge in [0.25, 0.3) is 0 Å². The molecule has 0 aromatic carbocycles. The number of carbonyl (C=O) groups excluding carboxylic acids is 1. The van der Waals surface area contributed by atoms with E-state index in [0.29, 0.717) is 12.0 Å². The van der Waals surface area contributed by atoms with E-state index >= 15 is 0 Å². The highest BCUT2D eigenvalue weighted by Crippen LogP contribution is 2.34. The molecule has 4 heteroatoms. The molecule has 2 fully saturated rings. The van der Waals surface area contributed by atoms with Gasteiger partial charge < -0.3 is 10.4 Å². The van der Waals surface area contributed by atoms with E-state index in [1.165, 1.54) is 12.8 Å². The van der Waals surface area contributed by atoms with Gasteiger partial charge in [0, 0.05) is 38.7 Å². The van der Waals surface area contributed by atoms with Gasteiger partial charge in [-0.3, -0.25) is 9.69 Å². The van der Waals surface area contributed by atoms with E-state index in [0.717, 1.165) is 31.8 Å². The molecule has 1 saturated carbocycles. The highest BCUT2D eigenvalue weighted by Gasteiger charge is 2.36. The van der Waals surface area contributed by atoms with Crippen molar-refractivity contribution in [1.82, 2.24) is 10.2 Å². The number of nitrogens with one attached hydrogen (secondary N) is 1. The Morgan fingerprint density at radius 2 is 2.06 bits per heavy atom. The summed E-state index contributed by atoms with van der Waals surface area (Å²) in [4.78, 5) is 13.7. The lowest BCUT2D eigenvalue weighted by atomic mass is 9.78. The molecule has 0 bridgehead atoms. The van der Waals surface area contributed by atoms with Crippen LogP contribution in [-0.4, -0.2) is 47.7 Å². The zero-order valence-electron chi connectivity index (χ0n) is 11.6. The highest BCUT2D eigenvalue weighted by atomic mass is 16.3. The summed E-state index contributed by atoms with van der Waals surface area (Å²) in [6, 6.07) is 0.974. The number of likely N-dealkylation sites (tertiary alicyclic amines) is 1. The first-order chi connectivity index (χ1) is 8.58. The van der Waals surface area contributed by atoms with Gasteiger partial charge in [-0.1, -0.05) is 6.92 Å². The van der Waals surface area contributed by atoms with Crippen molar-refractivity contribution in [2.75, 3.05) is 19.7 Å². The SMILES string of the molecule is CC(=O)NC1CC(CCO)CN(C2CC(C)C2)C1. The second-order valence-corrected chi connectivity index (χ2v) is 6.20. The molecule has 2 aliphatic rings. The van der Waals surface area contributed by atoms with Gasteiger partial charge in [-0.05, 0) is 37.5 Å². The Labute approximate surface area is 110 Å². The third kappa shape index (κ3) is 3.45. The second kappa shape index (κ2) is 6.02. The number of aliphatic hydroxyl groups is 1. The van der Waals surface area contributed by atoms with Crippen LogP contribution in [0.1, 0.15) is 39.5 Å². The summed E-state index contributed by atoms with van der Waals surface area (Å²) >= 11 is 0. The number of rotatable bonds is 4. The summed E-state index contributed by atoms with van der Waals surface area (Å²) in [5, 5.41) is 12.2. The van der Waals surface area contributed by atoms with Gasteiger partial charge in [-0.15, -0.1) is 0 Å². The van der Waals surface area contributed by atoms with Crippen molar-refractivity contribution in [3.63, 3.8) is 0 Å². The van der Waals surface area contributed by atoms with Crippen LogP contribution in [0.5, 0.6) is 0 Å². The van der Waals surface area contributed by atoms with Crippen molar-refractivity contribution >= 4 is 5.91 Å². The fourth-order valence-corrected chi connectivity index (χ4v) is 3.48. The van der Waals surface area contributed by atoms with E-state index in [4.69, 9.17) is 5.11 Å². The van der Waals surface area contributed by atoms with Crippen LogP contribution < -0.4 is 5.32 Å². The van der Waals surface area contributed by atoms with Crippen molar-refractivity contribution in [1.29, 1.82) is 0 Å². The molecule has 2 rings (SSSR count). The zero-order valence-corrected chi connectivity index (χ0v) is 11.6. The monoisotopic (exact) mass is 254 g/mol. The van der Waals surface area contributed by atoms with Crippen LogP contribution in [0, 0.1) is 11.8 Å². The third-order valence-corrected chi connectivity index (χ3v) is 4.38. The average molecular weight is 254 g/mol. The standard InChI is InChI=1S/C14H26N2O2/c1-10-5-14(6-10)16-8-12(3-4-17)7-13(9-16)15-11(2)18/h10,12-14,17H,3-9H2,1-2H3,(H,15,18). The molecule has 0 spiro atoms. The third-order valence-electron chi connectivity index (χ3n) is 4.38. The minimum Gasteiger partial charge on any atom is -0.396 e. The molecule has 0 aromatic heterocycles. The van der Waals surface area contributed by atoms with E-state index in [1.54, 1.807) is 6.92 Å². The van der Waals surface area contributed by atoms with Crippen LogP contribution in [-0.2, 0) is 4.79 Å². The summed E-state index contributed by atoms with van der Waals surface area (Å²) in [7, 11) is 0. The van der Waals surface area contributed by atoms with Crippen molar-refractivity contribution in [2.24, 2.45) is 11.8 Å². The van der Waals surface area contributed by atoms with Gasteiger partial charge in [0.2, 0.25) is 5.91 Å². The Hall–Kier alpha value is -0.610. The number of aliphatic hydroxyl groups excluding tert-OH is 1. The molecule has 2 unspecified atom stereocenters. The van der Waals surface area contributed by atoms with Gasteiger partial charge >= 0.3 is 0 Å². The molecular formula is C14H26N2O2. The predicted molar refractivity (Wildman–Crippen MR) is 71.2 cm³/mol. The Balaban J connectivity index is 1.90. The number of carbonyl (C=O) groups is 1. The fourth-order valence-electron chi connectivity index (χ4n) is 3.48. The van der Waals surface area contributed by atoms with Crippen LogP contribution in [0.3, 0.4) is 0 Å². The molecule has 18 heavy (non-hydrogen) atoms. The molecule has 2 N–H and O–H groups in total. The lowest BCUT2D eigenvalue weighted by Crippen LogP contribution is -2.56. The summed E-state index contributed by atoms with van der Waals surface area (Å²) < 4.78 is 0. The summed E-state index contributed by atoms with van der Waals surface area (Å²) in [6.45, 7) is 6.22. The van der Waals surface area contributed by atoms with E-state index in [9.17, 15) is 4.79 Å². The smallest absolute Gasteiger partial charge is 0.217 e. The van der Waals surface area contributed by atoms with Crippen LogP contribution >= 0.6 is 0 Å². The molecule has 1 aliphatic carbocycles. The quantitative estimate of drug-likeness (QED) is 0.787. The number of nitrogens with zero attached hydrogens (tertiary/aromatic N) is 1. The minimum absolute atomic E-state index is 0.0616. The second-order valence-electron chi connectivity index (χ2n) is 6.20. The first-order valence-electron chi connectivity index (χ1n) is 7.20. The van der Waals surface area contributed by atoms with Crippen LogP contribution in [0.4, 0.5) is 0 Å². The van der Waals surface area contributed by atoms with Crippen LogP contribution in [0.15, 0.2) is 0 Å². The molecule has 1 amide bonds. The average Bonchev–Trinajstić information content (AvgIpc) is 2.24. The summed E-state index contributed by atoms with van der Waals surface area (Å²) in [5.74, 6) is 1.44. The zero-order chi connectivity index (χ0) is 13.1. The van der Waals surface area contributed by atoms with E-state index in [-0.39, 0.29) is 18.6 Å². The molecular weight excluding hydrogens is 228 g/mol. The number of amides is 1. The van der Waals surface area contributed by atoms with E-state index < -0.39 is 0 Å². The Morgan fingerprint density at radius 3 is 2.61 bits per heavy atom. The molecule has 0 aromatic rings. The number of hydrogen-bond acceptors (Lipinski definition) is 3. The van der Waals surface area contributed by atoms with E-state index in [1.807, 2.05) is 0 Å². The predicted octanol–water partition coefficient (Wildman–Crippen LogP) is 0.994. The topological polar surface area (TPSA) is 52.6 Å². The van der Waals surface area contributed by atoms with Crippen LogP contribution in [0.2, 0.25) is 0 Å². The Kier molecular flexibility index (Phi) is 4.62. The van der Waals surface area contributed by atoms with Crippen molar-refractivity contribution in [3.8, 4) is 0 Å². The van der Waals surface area contributed by atoms with Gasteiger partial charge in [0.15, 0.2) is 0 Å². The maximum absolute atomic E-state index is 11.2. The van der Waals surface area contributed by atoms with Crippen molar-refractivity contribution in [3.05, 3.63) is 0 Å². The first-order valence-corrected chi connectivity index (χ1v) is 7.20. The largest absolute Gasteiger partial charge is 0.396 e. The lowest BCUT2D eigenvalue weighted by molar-refractivity contribution is -0.120. The summed E-state index contributed by atoms with van der Waals surface area (Å²) in [5.41, 5.74) is 0. The van der Waals surface area contributed by atoms with Gasteiger partial charge in [-0.25, -0.2) is 0 Å². The minimum atomic E-state index is 0.0616. The lowest BCUT2D eigenvalue weighted by Gasteiger charge is -2.47. The molecule has 1 saturated heterocycles. The molecule has 1 aliphatic heterocycles. The van der Waals surface area contributed by atoms with Gasteiger partial charge in [-0.2, -0.15) is 0 Å². The Bertz CT molecular complexity index is 290. The van der Waals surface area contributed by atoms with Crippen LogP contribution in [0.25, 0.3) is 0 Å². The number of piperidine rings is 1. The maximum atomic E-state index is 11.2. The fraction of sp³-hybridized carbons (Fsp3) is 0.929. The Morgan fingerprint density at radius 1 is 1.33 bits per heavy atom. The molecule has 4 nitrogen and oxygen atoms in total. The molecule has 1 heterocycles. The normalized spacial score (nSPS) is 37.1. The highest BCUT2D eigenvalue weighted by molar-refractivity contribution is 5.73. The van der Waals surface area contributed by atoms with E-state index in [2.05, 4.69) is 17.1 Å². The van der Waals surface area contributed by atoms with Crippen molar-refractivity contribution < 1.29 is 9.90 Å².